The highest BCUT2D eigenvalue weighted by molar-refractivity contribution is 5.86. The number of piperazine rings is 1. The summed E-state index contributed by atoms with van der Waals surface area (Å²) in [4.78, 5) is 25.1. The third-order valence-corrected chi connectivity index (χ3v) is 4.55. The number of aliphatic imine (C=N–C) groups is 1. The number of rotatable bonds is 5. The quantitative estimate of drug-likeness (QED) is 0.612. The Morgan fingerprint density at radius 3 is 2.44 bits per heavy atom. The molecule has 2 heterocycles. The van der Waals surface area contributed by atoms with E-state index in [2.05, 4.69) is 37.6 Å². The second-order valence-corrected chi connectivity index (χ2v) is 6.30. The molecule has 1 aromatic carbocycles. The fraction of sp³-hybridized carbons (Fsp3) is 0.350. The molecule has 0 aliphatic carbocycles. The minimum atomic E-state index is 0.0866. The van der Waals surface area contributed by atoms with Crippen molar-refractivity contribution in [3.63, 3.8) is 0 Å². The largest absolute Gasteiger partial charge is 0.368 e. The average molecular weight is 366 g/mol. The lowest BCUT2D eigenvalue weighted by Crippen LogP contribution is -2.52. The number of para-hydroxylation sites is 1. The van der Waals surface area contributed by atoms with E-state index >= 15 is 0 Å². The van der Waals surface area contributed by atoms with Crippen molar-refractivity contribution in [3.8, 4) is 0 Å². The van der Waals surface area contributed by atoms with Gasteiger partial charge in [0.05, 0.1) is 18.8 Å². The molecule has 2 aromatic rings. The van der Waals surface area contributed by atoms with Gasteiger partial charge in [0.25, 0.3) is 0 Å². The fourth-order valence-corrected chi connectivity index (χ4v) is 3.02. The molecule has 7 heteroatoms. The SMILES string of the molecule is CN=C(NCC(=O)N1CCN(c2ccccc2)CC1)NCc1ccccn1. The molecule has 2 N–H and O–H groups in total. The number of guanidine groups is 1. The van der Waals surface area contributed by atoms with E-state index in [4.69, 9.17) is 0 Å². The Balaban J connectivity index is 1.41. The summed E-state index contributed by atoms with van der Waals surface area (Å²) in [7, 11) is 1.69. The zero-order valence-electron chi connectivity index (χ0n) is 15.6. The van der Waals surface area contributed by atoms with Gasteiger partial charge in [0.1, 0.15) is 0 Å². The zero-order chi connectivity index (χ0) is 18.9. The number of aromatic nitrogens is 1. The van der Waals surface area contributed by atoms with Crippen molar-refractivity contribution in [2.24, 2.45) is 4.99 Å². The Hall–Kier alpha value is -3.09. The summed E-state index contributed by atoms with van der Waals surface area (Å²) in [6.07, 6.45) is 1.76. The number of hydrogen-bond acceptors (Lipinski definition) is 4. The highest BCUT2D eigenvalue weighted by atomic mass is 16.2. The van der Waals surface area contributed by atoms with E-state index in [1.165, 1.54) is 5.69 Å². The molecule has 0 spiro atoms. The molecular weight excluding hydrogens is 340 g/mol. The standard InChI is InChI=1S/C20H26N6O/c1-21-20(23-15-17-7-5-6-10-22-17)24-16-19(27)26-13-11-25(12-14-26)18-8-3-2-4-9-18/h2-10H,11-16H2,1H3,(H2,21,23,24). The van der Waals surface area contributed by atoms with E-state index in [0.717, 1.165) is 31.9 Å². The first-order valence-electron chi connectivity index (χ1n) is 9.18. The van der Waals surface area contributed by atoms with Crippen molar-refractivity contribution in [2.75, 3.05) is 44.7 Å². The Labute approximate surface area is 160 Å². The number of benzene rings is 1. The van der Waals surface area contributed by atoms with Crippen LogP contribution in [0.4, 0.5) is 5.69 Å². The van der Waals surface area contributed by atoms with Gasteiger partial charge in [0.2, 0.25) is 5.91 Å². The van der Waals surface area contributed by atoms with Gasteiger partial charge in [-0.15, -0.1) is 0 Å². The maximum atomic E-state index is 12.5. The third kappa shape index (κ3) is 5.44. The maximum absolute atomic E-state index is 12.5. The lowest BCUT2D eigenvalue weighted by atomic mass is 10.2. The van der Waals surface area contributed by atoms with Crippen LogP contribution in [-0.2, 0) is 11.3 Å². The monoisotopic (exact) mass is 366 g/mol. The molecule has 0 radical (unpaired) electrons. The van der Waals surface area contributed by atoms with Gasteiger partial charge in [-0.3, -0.25) is 14.8 Å². The molecule has 142 valence electrons. The van der Waals surface area contributed by atoms with Crippen molar-refractivity contribution >= 4 is 17.6 Å². The van der Waals surface area contributed by atoms with Gasteiger partial charge in [-0.2, -0.15) is 0 Å². The molecule has 1 aliphatic rings. The van der Waals surface area contributed by atoms with E-state index in [0.29, 0.717) is 12.5 Å². The normalized spacial score (nSPS) is 14.8. The summed E-state index contributed by atoms with van der Waals surface area (Å²) < 4.78 is 0. The van der Waals surface area contributed by atoms with Crippen molar-refractivity contribution in [3.05, 3.63) is 60.4 Å². The molecular formula is C20H26N6O. The lowest BCUT2D eigenvalue weighted by molar-refractivity contribution is -0.130. The minimum absolute atomic E-state index is 0.0866. The highest BCUT2D eigenvalue weighted by Crippen LogP contribution is 2.15. The van der Waals surface area contributed by atoms with Gasteiger partial charge in [-0.05, 0) is 24.3 Å². The molecule has 0 atom stereocenters. The Kier molecular flexibility index (Phi) is 6.62. The van der Waals surface area contributed by atoms with Crippen molar-refractivity contribution < 1.29 is 4.79 Å². The van der Waals surface area contributed by atoms with Gasteiger partial charge in [0.15, 0.2) is 5.96 Å². The van der Waals surface area contributed by atoms with E-state index in [-0.39, 0.29) is 12.5 Å². The van der Waals surface area contributed by atoms with Crippen LogP contribution >= 0.6 is 0 Å². The number of pyridine rings is 1. The van der Waals surface area contributed by atoms with Crippen LogP contribution in [0.5, 0.6) is 0 Å². The van der Waals surface area contributed by atoms with Crippen molar-refractivity contribution in [2.45, 2.75) is 6.54 Å². The van der Waals surface area contributed by atoms with Crippen LogP contribution in [0, 0.1) is 0 Å². The second kappa shape index (κ2) is 9.56. The summed E-state index contributed by atoms with van der Waals surface area (Å²) in [6.45, 7) is 3.95. The maximum Gasteiger partial charge on any atom is 0.242 e. The molecule has 1 saturated heterocycles. The summed E-state index contributed by atoms with van der Waals surface area (Å²) >= 11 is 0. The predicted octanol–water partition coefficient (Wildman–Crippen LogP) is 1.10. The molecule has 1 amide bonds. The van der Waals surface area contributed by atoms with E-state index < -0.39 is 0 Å². The molecule has 0 unspecified atom stereocenters. The average Bonchev–Trinajstić information content (AvgIpc) is 2.75. The molecule has 27 heavy (non-hydrogen) atoms. The van der Waals surface area contributed by atoms with Crippen LogP contribution < -0.4 is 15.5 Å². The van der Waals surface area contributed by atoms with E-state index in [1.54, 1.807) is 13.2 Å². The Bertz CT molecular complexity index is 742. The van der Waals surface area contributed by atoms with Crippen molar-refractivity contribution in [1.82, 2.24) is 20.5 Å². The second-order valence-electron chi connectivity index (χ2n) is 6.30. The van der Waals surface area contributed by atoms with Crippen LogP contribution in [0.15, 0.2) is 59.7 Å². The van der Waals surface area contributed by atoms with E-state index in [1.807, 2.05) is 41.3 Å². The Morgan fingerprint density at radius 1 is 1.04 bits per heavy atom. The number of nitrogens with zero attached hydrogens (tertiary/aromatic N) is 4. The van der Waals surface area contributed by atoms with Gasteiger partial charge >= 0.3 is 0 Å². The number of carbonyl (C=O) groups excluding carboxylic acids is 1. The summed E-state index contributed by atoms with van der Waals surface area (Å²) in [5, 5.41) is 6.26. The number of hydrogen-bond donors (Lipinski definition) is 2. The van der Waals surface area contributed by atoms with Crippen LogP contribution in [0.25, 0.3) is 0 Å². The number of nitrogens with one attached hydrogen (secondary N) is 2. The smallest absolute Gasteiger partial charge is 0.242 e. The fourth-order valence-electron chi connectivity index (χ4n) is 3.02. The number of amides is 1. The summed E-state index contributed by atoms with van der Waals surface area (Å²) in [6, 6.07) is 16.1. The molecule has 1 aromatic heterocycles. The van der Waals surface area contributed by atoms with E-state index in [9.17, 15) is 4.79 Å². The zero-order valence-corrected chi connectivity index (χ0v) is 15.6. The van der Waals surface area contributed by atoms with Crippen LogP contribution in [0.1, 0.15) is 5.69 Å². The first-order chi connectivity index (χ1) is 13.3. The number of anilines is 1. The molecule has 7 nitrogen and oxygen atoms in total. The predicted molar refractivity (Wildman–Crippen MR) is 108 cm³/mol. The minimum Gasteiger partial charge on any atom is -0.368 e. The lowest BCUT2D eigenvalue weighted by Gasteiger charge is -2.36. The number of carbonyl (C=O) groups is 1. The Morgan fingerprint density at radius 2 is 1.78 bits per heavy atom. The first kappa shape index (κ1) is 18.7. The van der Waals surface area contributed by atoms with Crippen LogP contribution in [0.3, 0.4) is 0 Å². The van der Waals surface area contributed by atoms with Crippen LogP contribution in [0.2, 0.25) is 0 Å². The van der Waals surface area contributed by atoms with Gasteiger partial charge < -0.3 is 20.4 Å². The van der Waals surface area contributed by atoms with Crippen molar-refractivity contribution in [1.29, 1.82) is 0 Å². The van der Waals surface area contributed by atoms with Gasteiger partial charge in [-0.25, -0.2) is 0 Å². The first-order valence-corrected chi connectivity index (χ1v) is 9.18. The molecule has 0 saturated carbocycles. The topological polar surface area (TPSA) is 72.9 Å². The molecule has 1 aliphatic heterocycles. The summed E-state index contributed by atoms with van der Waals surface area (Å²) in [5.41, 5.74) is 2.13. The van der Waals surface area contributed by atoms with Gasteiger partial charge in [0, 0.05) is 45.1 Å². The van der Waals surface area contributed by atoms with Crippen LogP contribution in [-0.4, -0.2) is 61.5 Å². The highest BCUT2D eigenvalue weighted by Gasteiger charge is 2.21. The van der Waals surface area contributed by atoms with Gasteiger partial charge in [-0.1, -0.05) is 24.3 Å². The molecule has 0 bridgehead atoms. The molecule has 1 fully saturated rings. The summed E-state index contributed by atoms with van der Waals surface area (Å²) in [5.74, 6) is 0.681. The molecule has 3 rings (SSSR count). The third-order valence-electron chi connectivity index (χ3n) is 4.55.